The predicted molar refractivity (Wildman–Crippen MR) is 109 cm³/mol. The summed E-state index contributed by atoms with van der Waals surface area (Å²) in [4.78, 5) is 0. The number of nitrogens with zero attached hydrogens (tertiary/aromatic N) is 1. The molecular weight excluding hydrogens is 378 g/mol. The molecule has 6 nitrogen and oxygen atoms in total. The van der Waals surface area contributed by atoms with E-state index in [0.29, 0.717) is 35.5 Å². The molecule has 0 bridgehead atoms. The number of aromatic nitrogens is 2. The number of para-hydroxylation sites is 1. The molecular formula is C21H24ClN3O3. The van der Waals surface area contributed by atoms with Gasteiger partial charge in [0.2, 0.25) is 0 Å². The summed E-state index contributed by atoms with van der Waals surface area (Å²) in [5, 5.41) is 11.0. The van der Waals surface area contributed by atoms with Gasteiger partial charge in [-0.2, -0.15) is 5.10 Å². The highest BCUT2D eigenvalue weighted by Gasteiger charge is 2.07. The Morgan fingerprint density at radius 1 is 1.00 bits per heavy atom. The fraction of sp³-hybridized carbons (Fsp3) is 0.286. The van der Waals surface area contributed by atoms with Crippen molar-refractivity contribution in [3.05, 3.63) is 70.5 Å². The Morgan fingerprint density at radius 2 is 1.79 bits per heavy atom. The summed E-state index contributed by atoms with van der Waals surface area (Å²) in [6.07, 6.45) is 1.84. The second-order valence-corrected chi connectivity index (χ2v) is 6.64. The Hall–Kier alpha value is -2.70. The number of hydrogen-bond acceptors (Lipinski definition) is 5. The maximum absolute atomic E-state index is 6.07. The van der Waals surface area contributed by atoms with Crippen LogP contribution in [0.15, 0.2) is 48.7 Å². The van der Waals surface area contributed by atoms with Crippen molar-refractivity contribution in [2.45, 2.75) is 20.0 Å². The Labute approximate surface area is 169 Å². The van der Waals surface area contributed by atoms with Crippen LogP contribution in [0.1, 0.15) is 16.8 Å². The Kier molecular flexibility index (Phi) is 7.17. The first-order valence-corrected chi connectivity index (χ1v) is 9.41. The lowest BCUT2D eigenvalue weighted by molar-refractivity contribution is 0.211. The molecule has 1 heterocycles. The topological polar surface area (TPSA) is 68.4 Å². The maximum atomic E-state index is 6.07. The highest BCUT2D eigenvalue weighted by atomic mass is 35.5. The summed E-state index contributed by atoms with van der Waals surface area (Å²) in [7, 11) is 1.63. The molecule has 0 aliphatic carbocycles. The number of H-pyrrole nitrogens is 1. The van der Waals surface area contributed by atoms with E-state index in [2.05, 4.69) is 15.5 Å². The number of rotatable bonds is 10. The van der Waals surface area contributed by atoms with Crippen LogP contribution in [0.4, 0.5) is 0 Å². The SMILES string of the molecule is COc1cc(CNCc2cn[nH]c2C)ccc1OCCOc1ccccc1Cl. The molecule has 0 amide bonds. The maximum Gasteiger partial charge on any atom is 0.161 e. The van der Waals surface area contributed by atoms with Gasteiger partial charge < -0.3 is 19.5 Å². The number of methoxy groups -OCH3 is 1. The average Bonchev–Trinajstić information content (AvgIpc) is 3.12. The Bertz CT molecular complexity index is 898. The van der Waals surface area contributed by atoms with Gasteiger partial charge in [-0.1, -0.05) is 29.8 Å². The number of hydrogen-bond donors (Lipinski definition) is 2. The van der Waals surface area contributed by atoms with Crippen molar-refractivity contribution < 1.29 is 14.2 Å². The third-order valence-corrected chi connectivity index (χ3v) is 4.55. The molecule has 2 aromatic carbocycles. The monoisotopic (exact) mass is 401 g/mol. The first-order valence-electron chi connectivity index (χ1n) is 9.04. The van der Waals surface area contributed by atoms with Gasteiger partial charge in [0, 0.05) is 24.3 Å². The fourth-order valence-corrected chi connectivity index (χ4v) is 2.89. The molecule has 0 aliphatic heterocycles. The lowest BCUT2D eigenvalue weighted by atomic mass is 10.2. The van der Waals surface area contributed by atoms with Crippen molar-refractivity contribution in [3.63, 3.8) is 0 Å². The summed E-state index contributed by atoms with van der Waals surface area (Å²) in [5.74, 6) is 2.02. The molecule has 28 heavy (non-hydrogen) atoms. The number of halogens is 1. The molecule has 0 spiro atoms. The van der Waals surface area contributed by atoms with Crippen LogP contribution in [0, 0.1) is 6.92 Å². The van der Waals surface area contributed by atoms with E-state index >= 15 is 0 Å². The summed E-state index contributed by atoms with van der Waals surface area (Å²) < 4.78 is 16.9. The van der Waals surface area contributed by atoms with Gasteiger partial charge in [0.05, 0.1) is 18.3 Å². The van der Waals surface area contributed by atoms with E-state index in [-0.39, 0.29) is 0 Å². The first kappa shape index (κ1) is 20.0. The standard InChI is InChI=1S/C21H24ClN3O3/c1-15-17(14-24-25-15)13-23-12-16-7-8-20(21(11-16)26-2)28-10-9-27-19-6-4-3-5-18(19)22/h3-8,11,14,23H,9-10,12-13H2,1-2H3,(H,24,25). The van der Waals surface area contributed by atoms with Gasteiger partial charge in [0.15, 0.2) is 11.5 Å². The average molecular weight is 402 g/mol. The van der Waals surface area contributed by atoms with E-state index in [0.717, 1.165) is 29.9 Å². The zero-order valence-corrected chi connectivity index (χ0v) is 16.8. The predicted octanol–water partition coefficient (Wildman–Crippen LogP) is 4.13. The minimum Gasteiger partial charge on any atom is -0.493 e. The van der Waals surface area contributed by atoms with E-state index in [1.165, 1.54) is 0 Å². The van der Waals surface area contributed by atoms with Crippen molar-refractivity contribution in [1.29, 1.82) is 0 Å². The second kappa shape index (κ2) is 10.0. The zero-order valence-electron chi connectivity index (χ0n) is 16.0. The highest BCUT2D eigenvalue weighted by molar-refractivity contribution is 6.32. The van der Waals surface area contributed by atoms with Crippen LogP contribution in [0.5, 0.6) is 17.2 Å². The van der Waals surface area contributed by atoms with Crippen LogP contribution in [-0.2, 0) is 13.1 Å². The van der Waals surface area contributed by atoms with Crippen LogP contribution in [-0.4, -0.2) is 30.5 Å². The van der Waals surface area contributed by atoms with Crippen LogP contribution < -0.4 is 19.5 Å². The quantitative estimate of drug-likeness (QED) is 0.500. The van der Waals surface area contributed by atoms with Crippen molar-refractivity contribution in [1.82, 2.24) is 15.5 Å². The molecule has 3 rings (SSSR count). The second-order valence-electron chi connectivity index (χ2n) is 6.24. The summed E-state index contributed by atoms with van der Waals surface area (Å²) in [6, 6.07) is 13.3. The first-order chi connectivity index (χ1) is 13.7. The lowest BCUT2D eigenvalue weighted by Crippen LogP contribution is -2.13. The van der Waals surface area contributed by atoms with E-state index in [9.17, 15) is 0 Å². The highest BCUT2D eigenvalue weighted by Crippen LogP contribution is 2.28. The van der Waals surface area contributed by atoms with Gasteiger partial charge in [0.1, 0.15) is 19.0 Å². The Morgan fingerprint density at radius 3 is 2.50 bits per heavy atom. The van der Waals surface area contributed by atoms with E-state index in [1.807, 2.05) is 49.5 Å². The van der Waals surface area contributed by atoms with Crippen LogP contribution in [0.2, 0.25) is 5.02 Å². The number of aromatic amines is 1. The van der Waals surface area contributed by atoms with E-state index < -0.39 is 0 Å². The molecule has 0 aliphatic rings. The lowest BCUT2D eigenvalue weighted by Gasteiger charge is -2.13. The number of nitrogens with one attached hydrogen (secondary N) is 2. The fourth-order valence-electron chi connectivity index (χ4n) is 2.70. The molecule has 2 N–H and O–H groups in total. The molecule has 3 aromatic rings. The van der Waals surface area contributed by atoms with Gasteiger partial charge in [0.25, 0.3) is 0 Å². The zero-order chi connectivity index (χ0) is 19.8. The van der Waals surface area contributed by atoms with Gasteiger partial charge in [-0.25, -0.2) is 0 Å². The minimum absolute atomic E-state index is 0.388. The third kappa shape index (κ3) is 5.41. The third-order valence-electron chi connectivity index (χ3n) is 4.24. The number of aryl methyl sites for hydroxylation is 1. The molecule has 148 valence electrons. The molecule has 0 fully saturated rings. The number of ether oxygens (including phenoxy) is 3. The van der Waals surface area contributed by atoms with E-state index in [4.69, 9.17) is 25.8 Å². The minimum atomic E-state index is 0.388. The van der Waals surface area contributed by atoms with Crippen molar-refractivity contribution >= 4 is 11.6 Å². The summed E-state index contributed by atoms with van der Waals surface area (Å²) in [6.45, 7) is 4.26. The van der Waals surface area contributed by atoms with Crippen molar-refractivity contribution in [3.8, 4) is 17.2 Å². The molecule has 0 radical (unpaired) electrons. The van der Waals surface area contributed by atoms with Crippen LogP contribution in [0.25, 0.3) is 0 Å². The molecule has 0 atom stereocenters. The van der Waals surface area contributed by atoms with Crippen molar-refractivity contribution in [2.24, 2.45) is 0 Å². The van der Waals surface area contributed by atoms with Crippen LogP contribution in [0.3, 0.4) is 0 Å². The molecule has 0 saturated carbocycles. The summed E-state index contributed by atoms with van der Waals surface area (Å²) >= 11 is 6.07. The smallest absolute Gasteiger partial charge is 0.161 e. The van der Waals surface area contributed by atoms with Gasteiger partial charge in [-0.3, -0.25) is 5.10 Å². The summed E-state index contributed by atoms with van der Waals surface area (Å²) in [5.41, 5.74) is 3.34. The van der Waals surface area contributed by atoms with Gasteiger partial charge in [-0.05, 0) is 36.8 Å². The normalized spacial score (nSPS) is 10.7. The largest absolute Gasteiger partial charge is 0.493 e. The molecule has 1 aromatic heterocycles. The van der Waals surface area contributed by atoms with E-state index in [1.54, 1.807) is 13.2 Å². The van der Waals surface area contributed by atoms with Crippen LogP contribution >= 0.6 is 11.6 Å². The molecule has 0 saturated heterocycles. The number of benzene rings is 2. The Balaban J connectivity index is 1.48. The molecule has 0 unspecified atom stereocenters. The molecule has 7 heteroatoms. The van der Waals surface area contributed by atoms with Gasteiger partial charge >= 0.3 is 0 Å². The van der Waals surface area contributed by atoms with Crippen molar-refractivity contribution in [2.75, 3.05) is 20.3 Å². The van der Waals surface area contributed by atoms with Gasteiger partial charge in [-0.15, -0.1) is 0 Å².